The number of hydrogen-bond acceptors (Lipinski definition) is 3. The van der Waals surface area contributed by atoms with Crippen molar-refractivity contribution in [1.82, 2.24) is 15.2 Å². The molecule has 3 N–H and O–H groups in total. The minimum absolute atomic E-state index is 0.00489. The van der Waals surface area contributed by atoms with Crippen LogP contribution in [0.15, 0.2) is 36.4 Å². The summed E-state index contributed by atoms with van der Waals surface area (Å²) in [7, 11) is 0. The van der Waals surface area contributed by atoms with Gasteiger partial charge < -0.3 is 25.3 Å². The largest absolute Gasteiger partial charge is 0.417 e. The maximum atomic E-state index is 13.1. The Bertz CT molecular complexity index is 1320. The zero-order chi connectivity index (χ0) is 25.4. The molecule has 1 aliphatic carbocycles. The molecular formula is C25H24ClF3N4O3. The minimum Gasteiger partial charge on any atom is -0.378 e. The lowest BCUT2D eigenvalue weighted by Crippen LogP contribution is -2.41. The highest BCUT2D eigenvalue weighted by atomic mass is 35.5. The van der Waals surface area contributed by atoms with Crippen LogP contribution in [0.5, 0.6) is 0 Å². The van der Waals surface area contributed by atoms with E-state index in [9.17, 15) is 22.8 Å². The lowest BCUT2D eigenvalue weighted by molar-refractivity contribution is -0.137. The van der Waals surface area contributed by atoms with Gasteiger partial charge in [0.05, 0.1) is 23.8 Å². The molecule has 0 saturated carbocycles. The summed E-state index contributed by atoms with van der Waals surface area (Å²) in [6.45, 7) is 2.21. The van der Waals surface area contributed by atoms with Gasteiger partial charge in [0.15, 0.2) is 0 Å². The number of carbonyl (C=O) groups is 2. The fraction of sp³-hybridized carbons (Fsp3) is 0.360. The van der Waals surface area contributed by atoms with Gasteiger partial charge in [-0.1, -0.05) is 17.7 Å². The number of aromatic amines is 1. The Morgan fingerprint density at radius 3 is 2.64 bits per heavy atom. The van der Waals surface area contributed by atoms with Crippen molar-refractivity contribution >= 4 is 40.1 Å². The van der Waals surface area contributed by atoms with Crippen molar-refractivity contribution in [3.8, 4) is 0 Å². The third-order valence-electron chi connectivity index (χ3n) is 6.60. The summed E-state index contributed by atoms with van der Waals surface area (Å²) in [5.74, 6) is -0.0279. The summed E-state index contributed by atoms with van der Waals surface area (Å²) in [5.41, 5.74) is 2.60. The molecule has 2 aliphatic rings. The van der Waals surface area contributed by atoms with Crippen LogP contribution in [0, 0.1) is 0 Å². The van der Waals surface area contributed by atoms with E-state index in [4.69, 9.17) is 16.3 Å². The number of ether oxygens (including phenoxy) is 1. The quantitative estimate of drug-likeness (QED) is 0.455. The molecule has 1 saturated heterocycles. The summed E-state index contributed by atoms with van der Waals surface area (Å²) in [5, 5.41) is 5.89. The van der Waals surface area contributed by atoms with Crippen molar-refractivity contribution in [2.75, 3.05) is 31.6 Å². The van der Waals surface area contributed by atoms with Crippen LogP contribution in [-0.2, 0) is 23.8 Å². The number of hydrogen-bond donors (Lipinski definition) is 3. The Balaban J connectivity index is 1.26. The van der Waals surface area contributed by atoms with Crippen molar-refractivity contribution in [2.24, 2.45) is 0 Å². The molecule has 1 aromatic heterocycles. The third-order valence-corrected chi connectivity index (χ3v) is 6.93. The van der Waals surface area contributed by atoms with Crippen LogP contribution in [-0.4, -0.2) is 54.2 Å². The smallest absolute Gasteiger partial charge is 0.378 e. The van der Waals surface area contributed by atoms with Gasteiger partial charge in [0, 0.05) is 47.0 Å². The van der Waals surface area contributed by atoms with Crippen LogP contribution in [0.1, 0.15) is 33.6 Å². The summed E-state index contributed by atoms with van der Waals surface area (Å²) in [6, 6.07) is 8.07. The van der Waals surface area contributed by atoms with E-state index in [0.29, 0.717) is 51.1 Å². The monoisotopic (exact) mass is 520 g/mol. The molecule has 5 rings (SSSR count). The van der Waals surface area contributed by atoms with Gasteiger partial charge in [-0.05, 0) is 55.2 Å². The van der Waals surface area contributed by atoms with Gasteiger partial charge in [-0.25, -0.2) is 4.79 Å². The number of H-pyrrole nitrogens is 1. The van der Waals surface area contributed by atoms with Crippen molar-refractivity contribution in [1.29, 1.82) is 0 Å². The highest BCUT2D eigenvalue weighted by molar-refractivity contribution is 6.31. The number of amides is 3. The predicted octanol–water partition coefficient (Wildman–Crippen LogP) is 4.99. The van der Waals surface area contributed by atoms with Gasteiger partial charge in [-0.2, -0.15) is 13.2 Å². The molecule has 1 unspecified atom stereocenters. The lowest BCUT2D eigenvalue weighted by atomic mass is 9.91. The molecule has 0 radical (unpaired) electrons. The fourth-order valence-corrected chi connectivity index (χ4v) is 5.03. The van der Waals surface area contributed by atoms with E-state index in [-0.39, 0.29) is 17.6 Å². The Morgan fingerprint density at radius 1 is 1.11 bits per heavy atom. The van der Waals surface area contributed by atoms with E-state index in [1.165, 1.54) is 6.07 Å². The van der Waals surface area contributed by atoms with Crippen LogP contribution in [0.2, 0.25) is 5.02 Å². The second-order valence-electron chi connectivity index (χ2n) is 8.98. The number of fused-ring (bicyclic) bond motifs is 3. The first kappa shape index (κ1) is 24.5. The maximum Gasteiger partial charge on any atom is 0.417 e. The van der Waals surface area contributed by atoms with Gasteiger partial charge in [-0.3, -0.25) is 4.79 Å². The van der Waals surface area contributed by atoms with E-state index in [1.807, 2.05) is 18.2 Å². The first-order valence-corrected chi connectivity index (χ1v) is 12.0. The van der Waals surface area contributed by atoms with Crippen LogP contribution in [0.25, 0.3) is 10.9 Å². The molecule has 1 fully saturated rings. The fourth-order valence-electron chi connectivity index (χ4n) is 4.80. The van der Waals surface area contributed by atoms with Crippen molar-refractivity contribution in [3.05, 3.63) is 63.8 Å². The van der Waals surface area contributed by atoms with E-state index in [2.05, 4.69) is 15.6 Å². The Labute approximate surface area is 209 Å². The first-order chi connectivity index (χ1) is 17.2. The number of rotatable bonds is 3. The lowest BCUT2D eigenvalue weighted by Gasteiger charge is -2.26. The number of aryl methyl sites for hydroxylation is 1. The molecule has 2 heterocycles. The average molecular weight is 521 g/mol. The number of carbonyl (C=O) groups excluding carboxylic acids is 2. The molecule has 36 heavy (non-hydrogen) atoms. The maximum absolute atomic E-state index is 13.1. The van der Waals surface area contributed by atoms with E-state index in [0.717, 1.165) is 34.3 Å². The van der Waals surface area contributed by atoms with Gasteiger partial charge in [0.1, 0.15) is 0 Å². The van der Waals surface area contributed by atoms with Crippen LogP contribution in [0.3, 0.4) is 0 Å². The number of anilines is 1. The SMILES string of the molecule is O=C(Nc1ccc(Cl)c(C(F)(F)F)c1)NC1CCc2[nH]c3cc(C(=O)N4CCOCC4)ccc3c2C1. The number of benzene rings is 2. The molecule has 3 amide bonds. The average Bonchev–Trinajstić information content (AvgIpc) is 3.21. The molecule has 7 nitrogen and oxygen atoms in total. The molecule has 3 aromatic rings. The standard InChI is InChI=1S/C25H24ClF3N4O3/c26-20-5-2-16(13-19(20)25(27,28)29)31-24(35)30-15-3-6-21-18(12-15)17-4-1-14(11-22(17)32-21)23(34)33-7-9-36-10-8-33/h1-2,4-5,11,13,15,32H,3,6-10,12H2,(H2,30,31,35). The second kappa shape index (κ2) is 9.67. The Morgan fingerprint density at radius 2 is 1.89 bits per heavy atom. The van der Waals surface area contributed by atoms with Crippen LogP contribution < -0.4 is 10.6 Å². The topological polar surface area (TPSA) is 86.5 Å². The summed E-state index contributed by atoms with van der Waals surface area (Å²) < 4.78 is 44.6. The van der Waals surface area contributed by atoms with Gasteiger partial charge >= 0.3 is 12.2 Å². The molecule has 1 aliphatic heterocycles. The summed E-state index contributed by atoms with van der Waals surface area (Å²) in [4.78, 5) is 30.5. The number of nitrogens with one attached hydrogen (secondary N) is 3. The third kappa shape index (κ3) is 5.01. The van der Waals surface area contributed by atoms with Gasteiger partial charge in [0.2, 0.25) is 0 Å². The Kier molecular flexibility index (Phi) is 6.57. The number of morpholine rings is 1. The van der Waals surface area contributed by atoms with Crippen molar-refractivity contribution in [3.63, 3.8) is 0 Å². The molecule has 2 aromatic carbocycles. The number of aromatic nitrogens is 1. The molecule has 0 bridgehead atoms. The van der Waals surface area contributed by atoms with Crippen molar-refractivity contribution in [2.45, 2.75) is 31.5 Å². The summed E-state index contributed by atoms with van der Waals surface area (Å²) >= 11 is 5.65. The number of urea groups is 1. The second-order valence-corrected chi connectivity index (χ2v) is 9.38. The molecular weight excluding hydrogens is 497 g/mol. The molecule has 1 atom stereocenters. The highest BCUT2D eigenvalue weighted by Crippen LogP contribution is 2.36. The molecule has 190 valence electrons. The number of halogens is 4. The Hall–Kier alpha value is -3.24. The number of nitrogens with zero attached hydrogens (tertiary/aromatic N) is 1. The molecule has 11 heteroatoms. The minimum atomic E-state index is -4.62. The van der Waals surface area contributed by atoms with Crippen LogP contribution in [0.4, 0.5) is 23.7 Å². The van der Waals surface area contributed by atoms with Crippen LogP contribution >= 0.6 is 11.6 Å². The van der Waals surface area contributed by atoms with Crippen molar-refractivity contribution < 1.29 is 27.5 Å². The van der Waals surface area contributed by atoms with Gasteiger partial charge in [0.25, 0.3) is 5.91 Å². The zero-order valence-corrected chi connectivity index (χ0v) is 19.9. The molecule has 0 spiro atoms. The number of alkyl halides is 3. The highest BCUT2D eigenvalue weighted by Gasteiger charge is 2.33. The normalized spacial score (nSPS) is 18.1. The summed E-state index contributed by atoms with van der Waals surface area (Å²) in [6.07, 6.45) is -2.69. The van der Waals surface area contributed by atoms with Gasteiger partial charge in [-0.15, -0.1) is 0 Å². The van der Waals surface area contributed by atoms with E-state index >= 15 is 0 Å². The zero-order valence-electron chi connectivity index (χ0n) is 19.2. The van der Waals surface area contributed by atoms with E-state index in [1.54, 1.807) is 4.90 Å². The first-order valence-electron chi connectivity index (χ1n) is 11.6. The van der Waals surface area contributed by atoms with E-state index < -0.39 is 22.8 Å². The predicted molar refractivity (Wildman–Crippen MR) is 129 cm³/mol.